The number of furan rings is 1. The number of benzene rings is 2. The van der Waals surface area contributed by atoms with Gasteiger partial charge in [0, 0.05) is 55.6 Å². The highest BCUT2D eigenvalue weighted by atomic mass is 16.3. The molecule has 0 amide bonds. The number of hydrogen-bond acceptors (Lipinski definition) is 5. The first-order chi connectivity index (χ1) is 17.7. The van der Waals surface area contributed by atoms with Gasteiger partial charge in [0.1, 0.15) is 17.1 Å². The molecule has 0 unspecified atom stereocenters. The van der Waals surface area contributed by atoms with E-state index in [0.717, 1.165) is 88.1 Å². The lowest BCUT2D eigenvalue weighted by molar-refractivity contribution is 0.599. The first-order valence-electron chi connectivity index (χ1n) is 12.3. The van der Waals surface area contributed by atoms with Crippen LogP contribution in [0.3, 0.4) is 0 Å². The van der Waals surface area contributed by atoms with E-state index in [0.29, 0.717) is 0 Å². The second-order valence-electron chi connectivity index (χ2n) is 8.86. The fourth-order valence-electron chi connectivity index (χ4n) is 4.61. The molecule has 7 nitrogen and oxygen atoms in total. The zero-order chi connectivity index (χ0) is 24.5. The number of aliphatic imine (C=N–C) groups is 2. The number of imidazole rings is 1. The van der Waals surface area contributed by atoms with E-state index in [1.807, 2.05) is 25.3 Å². The molecule has 3 aromatic heterocycles. The lowest BCUT2D eigenvalue weighted by atomic mass is 10.0. The minimum atomic E-state index is 0.753. The summed E-state index contributed by atoms with van der Waals surface area (Å²) in [5, 5.41) is 7.69. The Kier molecular flexibility index (Phi) is 5.73. The van der Waals surface area contributed by atoms with Gasteiger partial charge in [-0.2, -0.15) is 0 Å². The van der Waals surface area contributed by atoms with Crippen LogP contribution in [0.1, 0.15) is 24.7 Å². The molecule has 0 atom stereocenters. The van der Waals surface area contributed by atoms with Crippen molar-refractivity contribution in [2.75, 3.05) is 26.7 Å². The fraction of sp³-hybridized carbons (Fsp3) is 0.207. The fourth-order valence-corrected chi connectivity index (χ4v) is 4.61. The van der Waals surface area contributed by atoms with E-state index in [2.05, 4.69) is 79.7 Å². The van der Waals surface area contributed by atoms with Crippen LogP contribution in [0.5, 0.6) is 0 Å². The Morgan fingerprint density at radius 3 is 2.64 bits per heavy atom. The van der Waals surface area contributed by atoms with Crippen LogP contribution in [-0.4, -0.2) is 47.7 Å². The Hall–Kier alpha value is -4.39. The third-order valence-corrected chi connectivity index (χ3v) is 6.46. The molecule has 0 spiro atoms. The maximum absolute atomic E-state index is 6.00. The largest absolute Gasteiger partial charge is 0.453 e. The minimum Gasteiger partial charge on any atom is -0.453 e. The van der Waals surface area contributed by atoms with Gasteiger partial charge in [0.2, 0.25) is 0 Å². The average molecular weight is 477 g/mol. The second-order valence-corrected chi connectivity index (χ2v) is 8.86. The molecule has 0 bridgehead atoms. The molecule has 0 aliphatic carbocycles. The molecule has 7 heteroatoms. The molecule has 6 rings (SSSR count). The van der Waals surface area contributed by atoms with Gasteiger partial charge in [-0.25, -0.2) is 4.98 Å². The van der Waals surface area contributed by atoms with Gasteiger partial charge >= 0.3 is 0 Å². The van der Waals surface area contributed by atoms with Crippen molar-refractivity contribution >= 4 is 28.3 Å². The molecule has 36 heavy (non-hydrogen) atoms. The van der Waals surface area contributed by atoms with Crippen molar-refractivity contribution in [1.29, 1.82) is 0 Å². The number of aromatic nitrogens is 2. The average Bonchev–Trinajstić information content (AvgIpc) is 3.55. The molecule has 0 fully saturated rings. The summed E-state index contributed by atoms with van der Waals surface area (Å²) >= 11 is 0. The summed E-state index contributed by atoms with van der Waals surface area (Å²) in [4.78, 5) is 13.8. The maximum Gasteiger partial charge on any atom is 0.170 e. The van der Waals surface area contributed by atoms with Crippen LogP contribution in [0, 0.1) is 0 Å². The second kappa shape index (κ2) is 9.34. The third kappa shape index (κ3) is 4.13. The molecule has 1 aliphatic heterocycles. The Bertz CT molecular complexity index is 1610. The van der Waals surface area contributed by atoms with Crippen molar-refractivity contribution in [1.82, 2.24) is 20.0 Å². The topological polar surface area (TPSA) is 79.2 Å². The molecule has 2 aromatic carbocycles. The van der Waals surface area contributed by atoms with E-state index in [9.17, 15) is 0 Å². The number of amidine groups is 2. The number of rotatable bonds is 5. The SMILES string of the molecule is CCNC(=NC)c1cc2cc(-c3ccc(-c4cn5ccc(C6=NCCCN6)cc5n4)cc3)ccc2o1. The molecule has 0 saturated heterocycles. The summed E-state index contributed by atoms with van der Waals surface area (Å²) in [6, 6.07) is 21.0. The highest BCUT2D eigenvalue weighted by molar-refractivity contribution is 6.00. The van der Waals surface area contributed by atoms with E-state index in [-0.39, 0.29) is 0 Å². The number of nitrogens with zero attached hydrogens (tertiary/aromatic N) is 4. The first-order valence-corrected chi connectivity index (χ1v) is 12.3. The molecule has 2 N–H and O–H groups in total. The predicted octanol–water partition coefficient (Wildman–Crippen LogP) is 5.14. The summed E-state index contributed by atoms with van der Waals surface area (Å²) in [6.45, 7) is 4.68. The van der Waals surface area contributed by atoms with E-state index >= 15 is 0 Å². The predicted molar refractivity (Wildman–Crippen MR) is 146 cm³/mol. The van der Waals surface area contributed by atoms with Crippen LogP contribution in [-0.2, 0) is 0 Å². The van der Waals surface area contributed by atoms with Crippen molar-refractivity contribution in [3.8, 4) is 22.4 Å². The summed E-state index contributed by atoms with van der Waals surface area (Å²) in [6.07, 6.45) is 5.20. The van der Waals surface area contributed by atoms with Crippen LogP contribution in [0.2, 0.25) is 0 Å². The number of fused-ring (bicyclic) bond motifs is 2. The summed E-state index contributed by atoms with van der Waals surface area (Å²) in [5.74, 6) is 2.48. The molecule has 0 saturated carbocycles. The highest BCUT2D eigenvalue weighted by Gasteiger charge is 2.12. The Labute approximate surface area is 209 Å². The lowest BCUT2D eigenvalue weighted by Gasteiger charge is -2.14. The van der Waals surface area contributed by atoms with Gasteiger partial charge < -0.3 is 19.5 Å². The third-order valence-electron chi connectivity index (χ3n) is 6.46. The standard InChI is InChI=1S/C29H28N6O/c1-3-31-29(30-2)26-16-23-15-21(9-10-25(23)36-26)19-5-7-20(8-6-19)24-18-35-14-11-22(17-27(35)34-24)28-32-12-4-13-33-28/h5-11,14-18H,3-4,12-13H2,1-2H3,(H,30,31)(H,32,33). The number of nitrogens with one attached hydrogen (secondary N) is 2. The zero-order valence-electron chi connectivity index (χ0n) is 20.5. The first kappa shape index (κ1) is 22.1. The zero-order valence-corrected chi connectivity index (χ0v) is 20.5. The Morgan fingerprint density at radius 1 is 1.03 bits per heavy atom. The van der Waals surface area contributed by atoms with Gasteiger partial charge in [0.25, 0.3) is 0 Å². The van der Waals surface area contributed by atoms with Gasteiger partial charge in [-0.1, -0.05) is 30.3 Å². The van der Waals surface area contributed by atoms with Crippen LogP contribution in [0.25, 0.3) is 39.0 Å². The van der Waals surface area contributed by atoms with Crippen LogP contribution < -0.4 is 10.6 Å². The van der Waals surface area contributed by atoms with Crippen LogP contribution >= 0.6 is 0 Å². The molecular weight excluding hydrogens is 448 g/mol. The van der Waals surface area contributed by atoms with E-state index in [1.54, 1.807) is 7.05 Å². The van der Waals surface area contributed by atoms with Crippen LogP contribution in [0.4, 0.5) is 0 Å². The van der Waals surface area contributed by atoms with E-state index in [4.69, 9.17) is 9.40 Å². The Morgan fingerprint density at radius 2 is 1.86 bits per heavy atom. The van der Waals surface area contributed by atoms with E-state index in [1.165, 1.54) is 0 Å². The summed E-state index contributed by atoms with van der Waals surface area (Å²) < 4.78 is 8.06. The van der Waals surface area contributed by atoms with Gasteiger partial charge in [-0.15, -0.1) is 0 Å². The van der Waals surface area contributed by atoms with Crippen molar-refractivity contribution in [3.63, 3.8) is 0 Å². The highest BCUT2D eigenvalue weighted by Crippen LogP contribution is 2.29. The minimum absolute atomic E-state index is 0.753. The van der Waals surface area contributed by atoms with Crippen molar-refractivity contribution in [2.24, 2.45) is 9.98 Å². The normalized spacial score (nSPS) is 14.2. The molecule has 180 valence electrons. The summed E-state index contributed by atoms with van der Waals surface area (Å²) in [5.41, 5.74) is 7.15. The van der Waals surface area contributed by atoms with Crippen molar-refractivity contribution in [3.05, 3.63) is 84.4 Å². The number of hydrogen-bond donors (Lipinski definition) is 2. The number of pyridine rings is 1. The van der Waals surface area contributed by atoms with Crippen LogP contribution in [0.15, 0.2) is 87.5 Å². The van der Waals surface area contributed by atoms with Crippen molar-refractivity contribution < 1.29 is 4.42 Å². The molecule has 0 radical (unpaired) electrons. The lowest BCUT2D eigenvalue weighted by Crippen LogP contribution is -2.30. The summed E-state index contributed by atoms with van der Waals surface area (Å²) in [7, 11) is 1.77. The van der Waals surface area contributed by atoms with Gasteiger partial charge in [-0.05, 0) is 54.8 Å². The molecular formula is C29H28N6O. The smallest absolute Gasteiger partial charge is 0.170 e. The Balaban J connectivity index is 1.27. The van der Waals surface area contributed by atoms with Gasteiger partial charge in [0.15, 0.2) is 11.6 Å². The van der Waals surface area contributed by atoms with Gasteiger partial charge in [0.05, 0.1) is 5.69 Å². The monoisotopic (exact) mass is 476 g/mol. The van der Waals surface area contributed by atoms with Gasteiger partial charge in [-0.3, -0.25) is 9.98 Å². The molecule has 4 heterocycles. The molecule has 5 aromatic rings. The van der Waals surface area contributed by atoms with Crippen molar-refractivity contribution in [2.45, 2.75) is 13.3 Å². The molecule has 1 aliphatic rings. The maximum atomic E-state index is 6.00. The quantitative estimate of drug-likeness (QED) is 0.272. The van der Waals surface area contributed by atoms with E-state index < -0.39 is 0 Å².